The standard InChI is InChI=1S/C14H23BrN2O2/c1-3-5-6-18-7-8-19-14-12(10-16-4-2)9-13(15)11-17-14/h9,11,16H,3-8,10H2,1-2H3. The second-order valence-corrected chi connectivity index (χ2v) is 5.13. The highest BCUT2D eigenvalue weighted by molar-refractivity contribution is 9.10. The van der Waals surface area contributed by atoms with Gasteiger partial charge in [0.1, 0.15) is 6.61 Å². The summed E-state index contributed by atoms with van der Waals surface area (Å²) in [6.45, 7) is 7.86. The zero-order chi connectivity index (χ0) is 13.9. The van der Waals surface area contributed by atoms with Crippen LogP contribution in [0.3, 0.4) is 0 Å². The maximum Gasteiger partial charge on any atom is 0.217 e. The average Bonchev–Trinajstić information content (AvgIpc) is 2.42. The van der Waals surface area contributed by atoms with Gasteiger partial charge in [-0.2, -0.15) is 0 Å². The van der Waals surface area contributed by atoms with E-state index >= 15 is 0 Å². The van der Waals surface area contributed by atoms with E-state index in [2.05, 4.69) is 40.1 Å². The molecule has 1 heterocycles. The number of halogens is 1. The molecule has 0 bridgehead atoms. The fourth-order valence-corrected chi connectivity index (χ4v) is 1.91. The first-order chi connectivity index (χ1) is 9.27. The van der Waals surface area contributed by atoms with Gasteiger partial charge in [-0.25, -0.2) is 4.98 Å². The zero-order valence-electron chi connectivity index (χ0n) is 11.7. The molecule has 0 spiro atoms. The van der Waals surface area contributed by atoms with Crippen LogP contribution in [0.15, 0.2) is 16.7 Å². The normalized spacial score (nSPS) is 10.7. The molecular formula is C14H23BrN2O2. The van der Waals surface area contributed by atoms with Crippen LogP contribution < -0.4 is 10.1 Å². The van der Waals surface area contributed by atoms with Gasteiger partial charge in [0.25, 0.3) is 0 Å². The van der Waals surface area contributed by atoms with Gasteiger partial charge in [-0.05, 0) is 35.0 Å². The molecule has 1 N–H and O–H groups in total. The molecule has 0 aliphatic heterocycles. The van der Waals surface area contributed by atoms with E-state index in [0.29, 0.717) is 19.1 Å². The number of hydrogen-bond donors (Lipinski definition) is 1. The molecule has 5 heteroatoms. The maximum atomic E-state index is 5.67. The van der Waals surface area contributed by atoms with E-state index in [1.165, 1.54) is 0 Å². The summed E-state index contributed by atoms with van der Waals surface area (Å²) in [5.41, 5.74) is 1.06. The van der Waals surface area contributed by atoms with E-state index in [4.69, 9.17) is 9.47 Å². The number of pyridine rings is 1. The highest BCUT2D eigenvalue weighted by atomic mass is 79.9. The first-order valence-corrected chi connectivity index (χ1v) is 7.62. The van der Waals surface area contributed by atoms with Gasteiger partial charge in [0.15, 0.2) is 0 Å². The van der Waals surface area contributed by atoms with Crippen LogP contribution in [0.25, 0.3) is 0 Å². The Balaban J connectivity index is 2.38. The first kappa shape index (κ1) is 16.4. The Labute approximate surface area is 124 Å². The van der Waals surface area contributed by atoms with Crippen LogP contribution in [0.1, 0.15) is 32.3 Å². The van der Waals surface area contributed by atoms with Crippen molar-refractivity contribution in [3.8, 4) is 5.88 Å². The molecule has 0 saturated carbocycles. The summed E-state index contributed by atoms with van der Waals surface area (Å²) in [5.74, 6) is 0.684. The smallest absolute Gasteiger partial charge is 0.217 e. The van der Waals surface area contributed by atoms with E-state index in [9.17, 15) is 0 Å². The summed E-state index contributed by atoms with van der Waals surface area (Å²) in [6.07, 6.45) is 4.01. The Morgan fingerprint density at radius 3 is 2.84 bits per heavy atom. The Morgan fingerprint density at radius 2 is 2.11 bits per heavy atom. The molecule has 0 saturated heterocycles. The van der Waals surface area contributed by atoms with E-state index in [-0.39, 0.29) is 0 Å². The minimum Gasteiger partial charge on any atom is -0.475 e. The van der Waals surface area contributed by atoms with Crippen molar-refractivity contribution in [1.82, 2.24) is 10.3 Å². The molecule has 0 aromatic carbocycles. The molecule has 0 aliphatic rings. The van der Waals surface area contributed by atoms with Gasteiger partial charge >= 0.3 is 0 Å². The Morgan fingerprint density at radius 1 is 1.26 bits per heavy atom. The van der Waals surface area contributed by atoms with Crippen molar-refractivity contribution >= 4 is 15.9 Å². The maximum absolute atomic E-state index is 5.67. The molecule has 19 heavy (non-hydrogen) atoms. The number of ether oxygens (including phenoxy) is 2. The second-order valence-electron chi connectivity index (χ2n) is 4.21. The number of aromatic nitrogens is 1. The lowest BCUT2D eigenvalue weighted by Crippen LogP contribution is -2.15. The third-order valence-electron chi connectivity index (χ3n) is 2.57. The molecule has 0 fully saturated rings. The van der Waals surface area contributed by atoms with Crippen LogP contribution in [0.2, 0.25) is 0 Å². The highest BCUT2D eigenvalue weighted by Gasteiger charge is 2.06. The number of nitrogens with one attached hydrogen (secondary N) is 1. The van der Waals surface area contributed by atoms with Crippen molar-refractivity contribution < 1.29 is 9.47 Å². The summed E-state index contributed by atoms with van der Waals surface area (Å²) in [7, 11) is 0. The minimum absolute atomic E-state index is 0.539. The largest absolute Gasteiger partial charge is 0.475 e. The summed E-state index contributed by atoms with van der Waals surface area (Å²) < 4.78 is 12.1. The van der Waals surface area contributed by atoms with Crippen LogP contribution in [-0.2, 0) is 11.3 Å². The molecule has 1 rings (SSSR count). The van der Waals surface area contributed by atoms with Gasteiger partial charge in [0, 0.05) is 29.4 Å². The van der Waals surface area contributed by atoms with Crippen LogP contribution in [0.4, 0.5) is 0 Å². The van der Waals surface area contributed by atoms with Crippen LogP contribution in [-0.4, -0.2) is 31.3 Å². The predicted octanol–water partition coefficient (Wildman–Crippen LogP) is 3.15. The van der Waals surface area contributed by atoms with Crippen molar-refractivity contribution in [3.63, 3.8) is 0 Å². The Kier molecular flexibility index (Phi) is 8.79. The molecule has 1 aromatic heterocycles. The summed E-state index contributed by atoms with van der Waals surface area (Å²) in [4.78, 5) is 4.30. The fraction of sp³-hybridized carbons (Fsp3) is 0.643. The molecule has 0 amide bonds. The van der Waals surface area contributed by atoms with Crippen molar-refractivity contribution in [2.75, 3.05) is 26.4 Å². The topological polar surface area (TPSA) is 43.4 Å². The lowest BCUT2D eigenvalue weighted by molar-refractivity contribution is 0.0961. The van der Waals surface area contributed by atoms with Gasteiger partial charge in [-0.1, -0.05) is 20.3 Å². The molecule has 1 aromatic rings. The lowest BCUT2D eigenvalue weighted by Gasteiger charge is -2.11. The lowest BCUT2D eigenvalue weighted by atomic mass is 10.2. The Hall–Kier alpha value is -0.650. The van der Waals surface area contributed by atoms with E-state index in [1.54, 1.807) is 6.20 Å². The Bertz CT molecular complexity index is 361. The van der Waals surface area contributed by atoms with Crippen molar-refractivity contribution in [1.29, 1.82) is 0 Å². The number of rotatable bonds is 10. The molecule has 0 aliphatic carbocycles. The van der Waals surface area contributed by atoms with Crippen LogP contribution >= 0.6 is 15.9 Å². The van der Waals surface area contributed by atoms with E-state index in [0.717, 1.165) is 42.6 Å². The first-order valence-electron chi connectivity index (χ1n) is 6.83. The molecule has 108 valence electrons. The van der Waals surface area contributed by atoms with Crippen molar-refractivity contribution in [2.24, 2.45) is 0 Å². The molecule has 0 unspecified atom stereocenters. The quantitative estimate of drug-likeness (QED) is 0.669. The summed E-state index contributed by atoms with van der Waals surface area (Å²) in [6, 6.07) is 2.03. The molecule has 0 atom stereocenters. The second kappa shape index (κ2) is 10.2. The minimum atomic E-state index is 0.539. The van der Waals surface area contributed by atoms with Crippen LogP contribution in [0, 0.1) is 0 Å². The SMILES string of the molecule is CCCCOCCOc1ncc(Br)cc1CNCC. The van der Waals surface area contributed by atoms with Gasteiger partial charge in [0.2, 0.25) is 5.88 Å². The van der Waals surface area contributed by atoms with Gasteiger partial charge in [-0.15, -0.1) is 0 Å². The molecule has 0 radical (unpaired) electrons. The van der Waals surface area contributed by atoms with Gasteiger partial charge in [-0.3, -0.25) is 0 Å². The highest BCUT2D eigenvalue weighted by Crippen LogP contribution is 2.19. The third-order valence-corrected chi connectivity index (χ3v) is 3.00. The zero-order valence-corrected chi connectivity index (χ0v) is 13.3. The van der Waals surface area contributed by atoms with Crippen molar-refractivity contribution in [2.45, 2.75) is 33.2 Å². The van der Waals surface area contributed by atoms with E-state index < -0.39 is 0 Å². The van der Waals surface area contributed by atoms with Crippen LogP contribution in [0.5, 0.6) is 5.88 Å². The van der Waals surface area contributed by atoms with E-state index in [1.807, 2.05) is 6.07 Å². The molecular weight excluding hydrogens is 308 g/mol. The monoisotopic (exact) mass is 330 g/mol. The van der Waals surface area contributed by atoms with Gasteiger partial charge in [0.05, 0.1) is 6.61 Å². The fourth-order valence-electron chi connectivity index (χ4n) is 1.53. The predicted molar refractivity (Wildman–Crippen MR) is 80.5 cm³/mol. The molecule has 4 nitrogen and oxygen atoms in total. The number of nitrogens with zero attached hydrogens (tertiary/aromatic N) is 1. The summed E-state index contributed by atoms with van der Waals surface area (Å²) in [5, 5.41) is 3.28. The van der Waals surface area contributed by atoms with Crippen molar-refractivity contribution in [3.05, 3.63) is 22.3 Å². The number of hydrogen-bond acceptors (Lipinski definition) is 4. The average molecular weight is 331 g/mol. The van der Waals surface area contributed by atoms with Gasteiger partial charge < -0.3 is 14.8 Å². The third kappa shape index (κ3) is 6.89. The summed E-state index contributed by atoms with van der Waals surface area (Å²) >= 11 is 3.43. The number of unbranched alkanes of at least 4 members (excludes halogenated alkanes) is 1.